The molecular formula is C20H17F3N2O3. The number of carbonyl (C=O) groups excluding carboxylic acids is 1. The van der Waals surface area contributed by atoms with Gasteiger partial charge in [0.05, 0.1) is 22.9 Å². The highest BCUT2D eigenvalue weighted by atomic mass is 19.4. The Kier molecular flexibility index (Phi) is 4.89. The van der Waals surface area contributed by atoms with E-state index in [0.29, 0.717) is 5.56 Å². The fraction of sp³-hybridized carbons (Fsp3) is 0.200. The maximum absolute atomic E-state index is 13.0. The molecule has 2 N–H and O–H groups in total. The Hall–Kier alpha value is -3.29. The van der Waals surface area contributed by atoms with Gasteiger partial charge in [0, 0.05) is 5.70 Å². The summed E-state index contributed by atoms with van der Waals surface area (Å²) in [4.78, 5) is 25.5. The Balaban J connectivity index is 2.11. The molecule has 2 aromatic carbocycles. The van der Waals surface area contributed by atoms with Gasteiger partial charge >= 0.3 is 18.2 Å². The number of carboxylic acid groups (broad SMARTS) is 1. The largest absolute Gasteiger partial charge is 0.478 e. The highest BCUT2D eigenvalue weighted by Crippen LogP contribution is 2.36. The van der Waals surface area contributed by atoms with E-state index in [1.54, 1.807) is 24.3 Å². The predicted octanol–water partition coefficient (Wildman–Crippen LogP) is 4.64. The molecule has 1 heterocycles. The lowest BCUT2D eigenvalue weighted by Gasteiger charge is -2.35. The number of anilines is 1. The van der Waals surface area contributed by atoms with Crippen molar-refractivity contribution in [3.05, 3.63) is 76.5 Å². The third-order valence-electron chi connectivity index (χ3n) is 4.56. The van der Waals surface area contributed by atoms with Crippen molar-refractivity contribution in [2.45, 2.75) is 26.1 Å². The lowest BCUT2D eigenvalue weighted by atomic mass is 9.94. The smallest absolute Gasteiger partial charge is 0.416 e. The minimum atomic E-state index is -4.58. The zero-order valence-corrected chi connectivity index (χ0v) is 15.0. The summed E-state index contributed by atoms with van der Waals surface area (Å²) in [5.74, 6) is -1.26. The van der Waals surface area contributed by atoms with Gasteiger partial charge in [-0.2, -0.15) is 13.2 Å². The predicted molar refractivity (Wildman–Crippen MR) is 96.7 cm³/mol. The van der Waals surface area contributed by atoms with Crippen molar-refractivity contribution in [3.8, 4) is 0 Å². The van der Waals surface area contributed by atoms with Crippen LogP contribution >= 0.6 is 0 Å². The third-order valence-corrected chi connectivity index (χ3v) is 4.56. The Morgan fingerprint density at radius 1 is 1.11 bits per heavy atom. The Morgan fingerprint density at radius 2 is 1.75 bits per heavy atom. The summed E-state index contributed by atoms with van der Waals surface area (Å²) < 4.78 is 39.1. The van der Waals surface area contributed by atoms with Crippen LogP contribution in [-0.2, 0) is 11.0 Å². The number of hydrogen-bond donors (Lipinski definition) is 2. The van der Waals surface area contributed by atoms with Crippen LogP contribution in [0.2, 0.25) is 0 Å². The number of nitrogens with zero attached hydrogens (tertiary/aromatic N) is 1. The van der Waals surface area contributed by atoms with E-state index in [1.165, 1.54) is 19.1 Å². The maximum Gasteiger partial charge on any atom is 0.416 e. The molecular weight excluding hydrogens is 373 g/mol. The first-order valence-corrected chi connectivity index (χ1v) is 8.38. The average molecular weight is 390 g/mol. The molecule has 0 saturated carbocycles. The molecule has 0 radical (unpaired) electrons. The summed E-state index contributed by atoms with van der Waals surface area (Å²) in [7, 11) is 0. The molecule has 0 bridgehead atoms. The van der Waals surface area contributed by atoms with Crippen LogP contribution in [0, 0.1) is 6.92 Å². The second-order valence-corrected chi connectivity index (χ2v) is 6.48. The number of benzene rings is 2. The van der Waals surface area contributed by atoms with Crippen LogP contribution in [0.3, 0.4) is 0 Å². The lowest BCUT2D eigenvalue weighted by Crippen LogP contribution is -2.48. The topological polar surface area (TPSA) is 69.6 Å². The second kappa shape index (κ2) is 7.03. The maximum atomic E-state index is 13.0. The zero-order chi connectivity index (χ0) is 20.6. The van der Waals surface area contributed by atoms with Crippen LogP contribution in [0.15, 0.2) is 59.8 Å². The molecule has 28 heavy (non-hydrogen) atoms. The monoisotopic (exact) mass is 390 g/mol. The van der Waals surface area contributed by atoms with Crippen molar-refractivity contribution in [2.24, 2.45) is 0 Å². The molecule has 2 aromatic rings. The Bertz CT molecular complexity index is 965. The van der Waals surface area contributed by atoms with Crippen molar-refractivity contribution in [3.63, 3.8) is 0 Å². The van der Waals surface area contributed by atoms with E-state index in [9.17, 15) is 27.9 Å². The summed E-state index contributed by atoms with van der Waals surface area (Å²) >= 11 is 0. The van der Waals surface area contributed by atoms with Gasteiger partial charge in [-0.1, -0.05) is 35.9 Å². The van der Waals surface area contributed by atoms with Crippen molar-refractivity contribution in [1.29, 1.82) is 0 Å². The molecule has 1 unspecified atom stereocenters. The Morgan fingerprint density at radius 3 is 2.32 bits per heavy atom. The van der Waals surface area contributed by atoms with Gasteiger partial charge in [0.1, 0.15) is 0 Å². The highest BCUT2D eigenvalue weighted by Gasteiger charge is 2.37. The molecule has 1 aliphatic heterocycles. The molecule has 8 heteroatoms. The first kappa shape index (κ1) is 19.5. The normalized spacial score (nSPS) is 17.5. The van der Waals surface area contributed by atoms with Crippen molar-refractivity contribution in [2.75, 3.05) is 4.90 Å². The highest BCUT2D eigenvalue weighted by molar-refractivity contribution is 6.02. The van der Waals surface area contributed by atoms with Gasteiger partial charge < -0.3 is 10.4 Å². The summed E-state index contributed by atoms with van der Waals surface area (Å²) in [5.41, 5.74) is 0.490. The van der Waals surface area contributed by atoms with Crippen LogP contribution < -0.4 is 10.2 Å². The number of carboxylic acids is 1. The third kappa shape index (κ3) is 3.58. The van der Waals surface area contributed by atoms with Gasteiger partial charge in [0.15, 0.2) is 0 Å². The average Bonchev–Trinajstić information content (AvgIpc) is 2.61. The number of allylic oxidation sites excluding steroid dienone is 1. The van der Waals surface area contributed by atoms with E-state index in [4.69, 9.17) is 0 Å². The fourth-order valence-corrected chi connectivity index (χ4v) is 3.16. The molecule has 0 saturated heterocycles. The number of hydrogen-bond acceptors (Lipinski definition) is 2. The molecule has 146 valence electrons. The standard InChI is InChI=1S/C20H17F3N2O3/c1-11-6-8-13(9-7-11)17-16(18(26)27)12(2)25(19(28)24-17)15-5-3-4-14(10-15)20(21,22)23/h3-10,17H,1-2H3,(H,24,28)(H,26,27). The molecule has 2 amide bonds. The number of aryl methyl sites for hydroxylation is 1. The second-order valence-electron chi connectivity index (χ2n) is 6.48. The van der Waals surface area contributed by atoms with Gasteiger partial charge in [-0.25, -0.2) is 9.59 Å². The summed E-state index contributed by atoms with van der Waals surface area (Å²) in [6, 6.07) is 9.57. The number of nitrogens with one attached hydrogen (secondary N) is 1. The quantitative estimate of drug-likeness (QED) is 0.802. The van der Waals surface area contributed by atoms with Crippen LogP contribution in [0.25, 0.3) is 0 Å². The van der Waals surface area contributed by atoms with Crippen molar-refractivity contribution < 1.29 is 27.9 Å². The van der Waals surface area contributed by atoms with Crippen molar-refractivity contribution >= 4 is 17.7 Å². The van der Waals surface area contributed by atoms with Gasteiger partial charge in [0.2, 0.25) is 0 Å². The summed E-state index contributed by atoms with van der Waals surface area (Å²) in [6.07, 6.45) is -4.58. The number of carbonyl (C=O) groups is 2. The lowest BCUT2D eigenvalue weighted by molar-refractivity contribution is -0.137. The molecule has 1 atom stereocenters. The van der Waals surface area contributed by atoms with E-state index in [0.717, 1.165) is 22.6 Å². The number of amides is 2. The number of halogens is 3. The van der Waals surface area contributed by atoms with E-state index >= 15 is 0 Å². The van der Waals surface area contributed by atoms with E-state index in [-0.39, 0.29) is 17.0 Å². The van der Waals surface area contributed by atoms with Gasteiger partial charge in [0.25, 0.3) is 0 Å². The molecule has 5 nitrogen and oxygen atoms in total. The Labute approximate surface area is 159 Å². The minimum Gasteiger partial charge on any atom is -0.478 e. The van der Waals surface area contributed by atoms with Gasteiger partial charge in [-0.3, -0.25) is 4.90 Å². The van der Waals surface area contributed by atoms with Crippen LogP contribution in [0.5, 0.6) is 0 Å². The van der Waals surface area contributed by atoms with Gasteiger partial charge in [-0.15, -0.1) is 0 Å². The SMILES string of the molecule is CC1=C(C(=O)O)C(c2ccc(C)cc2)NC(=O)N1c1cccc(C(F)(F)F)c1. The van der Waals surface area contributed by atoms with E-state index in [2.05, 4.69) is 5.32 Å². The summed E-state index contributed by atoms with van der Waals surface area (Å²) in [5, 5.41) is 12.3. The number of aliphatic carboxylic acids is 1. The number of rotatable bonds is 3. The molecule has 0 fully saturated rings. The number of urea groups is 1. The van der Waals surface area contributed by atoms with E-state index < -0.39 is 29.8 Å². The molecule has 0 aliphatic carbocycles. The van der Waals surface area contributed by atoms with Crippen molar-refractivity contribution in [1.82, 2.24) is 5.32 Å². The molecule has 3 rings (SSSR count). The molecule has 0 aromatic heterocycles. The first-order chi connectivity index (χ1) is 13.1. The van der Waals surface area contributed by atoms with E-state index in [1.807, 2.05) is 6.92 Å². The zero-order valence-electron chi connectivity index (χ0n) is 15.0. The molecule has 0 spiro atoms. The van der Waals surface area contributed by atoms with Crippen LogP contribution in [0.1, 0.15) is 29.7 Å². The van der Waals surface area contributed by atoms with Gasteiger partial charge in [-0.05, 0) is 37.6 Å². The minimum absolute atomic E-state index is 0.0566. The summed E-state index contributed by atoms with van der Waals surface area (Å²) in [6.45, 7) is 3.28. The fourth-order valence-electron chi connectivity index (χ4n) is 3.16. The number of alkyl halides is 3. The van der Waals surface area contributed by atoms with Crippen LogP contribution in [0.4, 0.5) is 23.7 Å². The van der Waals surface area contributed by atoms with Crippen LogP contribution in [-0.4, -0.2) is 17.1 Å². The first-order valence-electron chi connectivity index (χ1n) is 8.38. The molecule has 1 aliphatic rings.